The summed E-state index contributed by atoms with van der Waals surface area (Å²) in [5.74, 6) is -0.736. The van der Waals surface area contributed by atoms with Crippen LogP contribution in [0.3, 0.4) is 0 Å². The maximum Gasteiger partial charge on any atom is 0.372 e. The van der Waals surface area contributed by atoms with Crippen LogP contribution in [0.15, 0.2) is 41.8 Å². The molecule has 1 N–H and O–H groups in total. The van der Waals surface area contributed by atoms with Crippen LogP contribution in [0.4, 0.5) is 0 Å². The fourth-order valence-electron chi connectivity index (χ4n) is 1.15. The quantitative estimate of drug-likeness (QED) is 0.530. The van der Waals surface area contributed by atoms with Crippen LogP contribution >= 0.6 is 11.3 Å². The first-order valence-electron chi connectivity index (χ1n) is 5.11. The van der Waals surface area contributed by atoms with Gasteiger partial charge in [-0.2, -0.15) is 5.26 Å². The lowest BCUT2D eigenvalue weighted by atomic mass is 10.2. The van der Waals surface area contributed by atoms with Gasteiger partial charge >= 0.3 is 5.97 Å². The first kappa shape index (κ1) is 14.7. The van der Waals surface area contributed by atoms with Crippen LogP contribution in [0, 0.1) is 0 Å². The number of carbonyl (C=O) groups is 3. The fraction of sp³-hybridized carbons (Fsp3) is 0. The highest BCUT2D eigenvalue weighted by atomic mass is 32.1. The highest BCUT2D eigenvalue weighted by Gasteiger charge is 2.02. The van der Waals surface area contributed by atoms with Gasteiger partial charge in [-0.15, -0.1) is 11.3 Å². The molecule has 1 aromatic heterocycles. The van der Waals surface area contributed by atoms with Gasteiger partial charge in [0, 0.05) is 5.56 Å². The van der Waals surface area contributed by atoms with Crippen LogP contribution in [-0.2, 0) is 4.89 Å². The van der Waals surface area contributed by atoms with E-state index in [0.717, 1.165) is 0 Å². The summed E-state index contributed by atoms with van der Waals surface area (Å²) in [6.07, 6.45) is 1.37. The summed E-state index contributed by atoms with van der Waals surface area (Å²) in [6.45, 7) is 0. The zero-order valence-electron chi connectivity index (χ0n) is 9.68. The van der Waals surface area contributed by atoms with Gasteiger partial charge in [0.25, 0.3) is 0 Å². The van der Waals surface area contributed by atoms with Gasteiger partial charge in [-0.05, 0) is 23.6 Å². The van der Waals surface area contributed by atoms with Gasteiger partial charge in [0.05, 0.1) is 10.4 Å². The smallest absolute Gasteiger partial charge is 0.298 e. The molecule has 0 atom stereocenters. The molecule has 0 radical (unpaired) electrons. The SMILES string of the molecule is O=C(OO)c1ccccc1.O=Cc1ccsc1C=O. The second-order valence-corrected chi connectivity index (χ2v) is 4.17. The molecule has 1 heterocycles. The van der Waals surface area contributed by atoms with Crippen LogP contribution in [0.25, 0.3) is 0 Å². The number of benzene rings is 1. The van der Waals surface area contributed by atoms with Crippen molar-refractivity contribution < 1.29 is 24.5 Å². The summed E-state index contributed by atoms with van der Waals surface area (Å²) in [5, 5.41) is 9.65. The molecule has 19 heavy (non-hydrogen) atoms. The van der Waals surface area contributed by atoms with Gasteiger partial charge in [-0.3, -0.25) is 14.5 Å². The monoisotopic (exact) mass is 278 g/mol. The first-order valence-corrected chi connectivity index (χ1v) is 5.99. The molecule has 0 aliphatic carbocycles. The van der Waals surface area contributed by atoms with Crippen molar-refractivity contribution in [1.29, 1.82) is 0 Å². The number of rotatable bonds is 3. The predicted molar refractivity (Wildman–Crippen MR) is 69.6 cm³/mol. The van der Waals surface area contributed by atoms with E-state index in [1.165, 1.54) is 11.3 Å². The molecule has 0 fully saturated rings. The molecule has 98 valence electrons. The molecule has 1 aromatic carbocycles. The van der Waals surface area contributed by atoms with Crippen molar-refractivity contribution in [3.8, 4) is 0 Å². The molecule has 0 spiro atoms. The van der Waals surface area contributed by atoms with E-state index in [2.05, 4.69) is 4.89 Å². The minimum absolute atomic E-state index is 0.338. The summed E-state index contributed by atoms with van der Waals surface area (Å²) in [7, 11) is 0. The molecule has 0 aliphatic rings. The maximum atomic E-state index is 10.5. The summed E-state index contributed by atoms with van der Waals surface area (Å²) >= 11 is 1.27. The standard InChI is InChI=1S/C7H6O3.C6H4O2S/c8-7(10-9)6-4-2-1-3-5-6;7-3-5-1-2-9-6(5)4-8/h1-5,9H;1-4H. The number of hydrogen-bond acceptors (Lipinski definition) is 6. The minimum Gasteiger partial charge on any atom is -0.298 e. The van der Waals surface area contributed by atoms with E-state index < -0.39 is 5.97 Å². The van der Waals surface area contributed by atoms with E-state index >= 15 is 0 Å². The number of carbonyl (C=O) groups excluding carboxylic acids is 3. The van der Waals surface area contributed by atoms with Crippen molar-refractivity contribution in [2.24, 2.45) is 0 Å². The molecule has 0 amide bonds. The largest absolute Gasteiger partial charge is 0.372 e. The van der Waals surface area contributed by atoms with Crippen molar-refractivity contribution >= 4 is 29.9 Å². The van der Waals surface area contributed by atoms with Crippen LogP contribution in [0.1, 0.15) is 30.4 Å². The van der Waals surface area contributed by atoms with Gasteiger partial charge in [0.1, 0.15) is 0 Å². The molecule has 0 bridgehead atoms. The van der Waals surface area contributed by atoms with Crippen molar-refractivity contribution in [2.75, 3.05) is 0 Å². The average Bonchev–Trinajstić information content (AvgIpc) is 2.95. The van der Waals surface area contributed by atoms with E-state index in [9.17, 15) is 14.4 Å². The van der Waals surface area contributed by atoms with E-state index in [4.69, 9.17) is 5.26 Å². The Bertz CT molecular complexity index is 525. The van der Waals surface area contributed by atoms with E-state index in [1.807, 2.05) is 0 Å². The Kier molecular flexibility index (Phi) is 6.14. The van der Waals surface area contributed by atoms with Crippen molar-refractivity contribution in [2.45, 2.75) is 0 Å². The first-order chi connectivity index (χ1) is 9.22. The van der Waals surface area contributed by atoms with E-state index in [-0.39, 0.29) is 0 Å². The topological polar surface area (TPSA) is 80.7 Å². The molecule has 2 aromatic rings. The van der Waals surface area contributed by atoms with Gasteiger partial charge in [0.15, 0.2) is 12.6 Å². The van der Waals surface area contributed by atoms with Crippen LogP contribution in [0.2, 0.25) is 0 Å². The summed E-state index contributed by atoms with van der Waals surface area (Å²) in [4.78, 5) is 34.7. The lowest BCUT2D eigenvalue weighted by Crippen LogP contribution is -2.00. The van der Waals surface area contributed by atoms with Crippen molar-refractivity contribution in [1.82, 2.24) is 0 Å². The van der Waals surface area contributed by atoms with Crippen LogP contribution in [-0.4, -0.2) is 23.8 Å². The number of aldehydes is 2. The predicted octanol–water partition coefficient (Wildman–Crippen LogP) is 2.69. The highest BCUT2D eigenvalue weighted by Crippen LogP contribution is 2.10. The third-order valence-electron chi connectivity index (χ3n) is 2.05. The fourth-order valence-corrected chi connectivity index (χ4v) is 1.82. The molecule has 0 saturated heterocycles. The third kappa shape index (κ3) is 4.46. The van der Waals surface area contributed by atoms with Gasteiger partial charge in [-0.25, -0.2) is 4.79 Å². The minimum atomic E-state index is -0.736. The lowest BCUT2D eigenvalue weighted by molar-refractivity contribution is -0.182. The molecular formula is C13H10O5S. The van der Waals surface area contributed by atoms with Gasteiger partial charge < -0.3 is 0 Å². The Labute approximate surface area is 113 Å². The second-order valence-electron chi connectivity index (χ2n) is 3.22. The third-order valence-corrected chi connectivity index (χ3v) is 2.91. The number of thiophene rings is 1. The summed E-state index contributed by atoms with van der Waals surface area (Å²) in [6, 6.07) is 9.88. The Hall–Kier alpha value is -2.31. The Morgan fingerprint density at radius 1 is 1.11 bits per heavy atom. The summed E-state index contributed by atoms with van der Waals surface area (Å²) < 4.78 is 0. The second kappa shape index (κ2) is 7.91. The van der Waals surface area contributed by atoms with Gasteiger partial charge in [0.2, 0.25) is 0 Å². The highest BCUT2D eigenvalue weighted by molar-refractivity contribution is 7.12. The van der Waals surface area contributed by atoms with E-state index in [1.54, 1.807) is 41.8 Å². The molecular weight excluding hydrogens is 268 g/mol. The molecule has 2 rings (SSSR count). The lowest BCUT2D eigenvalue weighted by Gasteiger charge is -1.92. The molecule has 6 heteroatoms. The summed E-state index contributed by atoms with van der Waals surface area (Å²) in [5.41, 5.74) is 0.819. The molecule has 0 unspecified atom stereocenters. The van der Waals surface area contributed by atoms with E-state index in [0.29, 0.717) is 28.6 Å². The number of hydrogen-bond donors (Lipinski definition) is 1. The molecule has 5 nitrogen and oxygen atoms in total. The normalized spacial score (nSPS) is 8.89. The average molecular weight is 278 g/mol. The Morgan fingerprint density at radius 2 is 1.79 bits per heavy atom. The zero-order chi connectivity index (χ0) is 14.1. The zero-order valence-corrected chi connectivity index (χ0v) is 10.5. The van der Waals surface area contributed by atoms with Crippen LogP contribution < -0.4 is 0 Å². The van der Waals surface area contributed by atoms with Crippen molar-refractivity contribution in [3.63, 3.8) is 0 Å². The molecule has 0 aliphatic heterocycles. The maximum absolute atomic E-state index is 10.5. The molecule has 0 saturated carbocycles. The van der Waals surface area contributed by atoms with Gasteiger partial charge in [-0.1, -0.05) is 18.2 Å². The van der Waals surface area contributed by atoms with Crippen LogP contribution in [0.5, 0.6) is 0 Å². The van der Waals surface area contributed by atoms with Crippen molar-refractivity contribution in [3.05, 3.63) is 57.8 Å². The Balaban J connectivity index is 0.000000191. The Morgan fingerprint density at radius 3 is 2.26 bits per heavy atom.